The van der Waals surface area contributed by atoms with E-state index in [1.54, 1.807) is 19.2 Å². The Morgan fingerprint density at radius 3 is 2.70 bits per heavy atom. The van der Waals surface area contributed by atoms with Crippen LogP contribution >= 0.6 is 0 Å². The SMILES string of the molecule is CCC(C)N(CCOC)c1ccc(CO)cc1[N+](=O)[O-]. The molecule has 0 bridgehead atoms. The van der Waals surface area contributed by atoms with Crippen LogP contribution in [0, 0.1) is 10.1 Å². The van der Waals surface area contributed by atoms with Gasteiger partial charge in [0.15, 0.2) is 0 Å². The maximum atomic E-state index is 11.2. The second kappa shape index (κ2) is 7.81. The fourth-order valence-corrected chi connectivity index (χ4v) is 2.04. The standard InChI is InChI=1S/C14H22N2O4/c1-4-11(2)15(7-8-20-3)13-6-5-12(10-17)9-14(13)16(18)19/h5-6,9,11,17H,4,7-8,10H2,1-3H3. The van der Waals surface area contributed by atoms with Crippen LogP contribution in [-0.4, -0.2) is 36.3 Å². The second-order valence-electron chi connectivity index (χ2n) is 4.68. The topological polar surface area (TPSA) is 75.8 Å². The van der Waals surface area contributed by atoms with Crippen LogP contribution in [0.25, 0.3) is 0 Å². The van der Waals surface area contributed by atoms with Crippen LogP contribution in [0.2, 0.25) is 0 Å². The molecule has 1 aromatic rings. The van der Waals surface area contributed by atoms with E-state index in [4.69, 9.17) is 9.84 Å². The largest absolute Gasteiger partial charge is 0.392 e. The summed E-state index contributed by atoms with van der Waals surface area (Å²) in [5.41, 5.74) is 1.13. The molecule has 0 aliphatic rings. The van der Waals surface area contributed by atoms with E-state index in [1.807, 2.05) is 18.7 Å². The average molecular weight is 282 g/mol. The average Bonchev–Trinajstić information content (AvgIpc) is 2.47. The molecular weight excluding hydrogens is 260 g/mol. The normalized spacial score (nSPS) is 12.2. The van der Waals surface area contributed by atoms with Crippen molar-refractivity contribution in [2.24, 2.45) is 0 Å². The van der Waals surface area contributed by atoms with Gasteiger partial charge in [0.25, 0.3) is 5.69 Å². The van der Waals surface area contributed by atoms with E-state index in [1.165, 1.54) is 6.07 Å². The molecule has 1 unspecified atom stereocenters. The molecule has 6 nitrogen and oxygen atoms in total. The molecule has 0 amide bonds. The van der Waals surface area contributed by atoms with E-state index in [0.717, 1.165) is 6.42 Å². The predicted octanol–water partition coefficient (Wildman–Crippen LogP) is 2.34. The lowest BCUT2D eigenvalue weighted by Crippen LogP contribution is -2.35. The number of aliphatic hydroxyl groups excluding tert-OH is 1. The Bertz CT molecular complexity index is 451. The zero-order valence-electron chi connectivity index (χ0n) is 12.2. The second-order valence-corrected chi connectivity index (χ2v) is 4.68. The van der Waals surface area contributed by atoms with Crippen LogP contribution in [-0.2, 0) is 11.3 Å². The fourth-order valence-electron chi connectivity index (χ4n) is 2.04. The third-order valence-electron chi connectivity index (χ3n) is 3.39. The lowest BCUT2D eigenvalue weighted by atomic mass is 10.1. The first-order valence-corrected chi connectivity index (χ1v) is 6.68. The molecule has 0 saturated carbocycles. The van der Waals surface area contributed by atoms with Gasteiger partial charge >= 0.3 is 0 Å². The first-order valence-electron chi connectivity index (χ1n) is 6.68. The van der Waals surface area contributed by atoms with Crippen molar-refractivity contribution in [2.75, 3.05) is 25.2 Å². The van der Waals surface area contributed by atoms with E-state index in [-0.39, 0.29) is 18.3 Å². The Labute approximate surface area is 119 Å². The van der Waals surface area contributed by atoms with Crippen LogP contribution in [0.1, 0.15) is 25.8 Å². The number of hydrogen-bond donors (Lipinski definition) is 1. The van der Waals surface area contributed by atoms with E-state index in [9.17, 15) is 10.1 Å². The quantitative estimate of drug-likeness (QED) is 0.585. The number of methoxy groups -OCH3 is 1. The zero-order chi connectivity index (χ0) is 15.1. The third kappa shape index (κ3) is 3.91. The monoisotopic (exact) mass is 282 g/mol. The number of rotatable bonds is 8. The maximum Gasteiger partial charge on any atom is 0.292 e. The summed E-state index contributed by atoms with van der Waals surface area (Å²) in [7, 11) is 1.61. The maximum absolute atomic E-state index is 11.2. The van der Waals surface area contributed by atoms with Crippen LogP contribution < -0.4 is 4.90 Å². The minimum absolute atomic E-state index is 0.0213. The Morgan fingerprint density at radius 2 is 2.20 bits per heavy atom. The van der Waals surface area contributed by atoms with Crippen LogP contribution in [0.3, 0.4) is 0 Å². The van der Waals surface area contributed by atoms with Gasteiger partial charge in [-0.1, -0.05) is 13.0 Å². The molecule has 0 radical (unpaired) electrons. The summed E-state index contributed by atoms with van der Waals surface area (Å²) in [4.78, 5) is 12.8. The van der Waals surface area contributed by atoms with Gasteiger partial charge in [0.2, 0.25) is 0 Å². The summed E-state index contributed by atoms with van der Waals surface area (Å²) in [5, 5.41) is 20.4. The Hall–Kier alpha value is -1.66. The molecule has 20 heavy (non-hydrogen) atoms. The highest BCUT2D eigenvalue weighted by atomic mass is 16.6. The summed E-state index contributed by atoms with van der Waals surface area (Å²) in [6, 6.07) is 5.01. The van der Waals surface area contributed by atoms with Crippen LogP contribution in [0.15, 0.2) is 18.2 Å². The lowest BCUT2D eigenvalue weighted by molar-refractivity contribution is -0.384. The molecule has 1 aromatic carbocycles. The van der Waals surface area contributed by atoms with Gasteiger partial charge in [0, 0.05) is 25.8 Å². The summed E-state index contributed by atoms with van der Waals surface area (Å²) < 4.78 is 5.08. The summed E-state index contributed by atoms with van der Waals surface area (Å²) >= 11 is 0. The molecule has 0 fully saturated rings. The van der Waals surface area contributed by atoms with Crippen molar-refractivity contribution < 1.29 is 14.8 Å². The summed E-state index contributed by atoms with van der Waals surface area (Å²) in [5.74, 6) is 0. The highest BCUT2D eigenvalue weighted by Crippen LogP contribution is 2.31. The molecule has 0 aliphatic heterocycles. The number of hydrogen-bond acceptors (Lipinski definition) is 5. The number of benzene rings is 1. The van der Waals surface area contributed by atoms with E-state index in [0.29, 0.717) is 24.4 Å². The number of aliphatic hydroxyl groups is 1. The Balaban J connectivity index is 3.20. The predicted molar refractivity (Wildman–Crippen MR) is 78.0 cm³/mol. The summed E-state index contributed by atoms with van der Waals surface area (Å²) in [6.45, 7) is 4.95. The van der Waals surface area contributed by atoms with E-state index in [2.05, 4.69) is 0 Å². The number of ether oxygens (including phenoxy) is 1. The van der Waals surface area contributed by atoms with Gasteiger partial charge in [-0.05, 0) is 25.0 Å². The highest BCUT2D eigenvalue weighted by molar-refractivity contribution is 5.64. The third-order valence-corrected chi connectivity index (χ3v) is 3.39. The van der Waals surface area contributed by atoms with Crippen molar-refractivity contribution in [1.82, 2.24) is 0 Å². The van der Waals surface area contributed by atoms with Gasteiger partial charge in [-0.3, -0.25) is 10.1 Å². The molecule has 6 heteroatoms. The van der Waals surface area contributed by atoms with Gasteiger partial charge in [-0.2, -0.15) is 0 Å². The highest BCUT2D eigenvalue weighted by Gasteiger charge is 2.22. The lowest BCUT2D eigenvalue weighted by Gasteiger charge is -2.30. The molecule has 0 aliphatic carbocycles. The van der Waals surface area contributed by atoms with Gasteiger partial charge in [0.1, 0.15) is 5.69 Å². The number of nitrogens with zero attached hydrogens (tertiary/aromatic N) is 2. The molecule has 0 aromatic heterocycles. The first-order chi connectivity index (χ1) is 9.54. The van der Waals surface area contributed by atoms with Crippen LogP contribution in [0.4, 0.5) is 11.4 Å². The van der Waals surface area contributed by atoms with Gasteiger partial charge < -0.3 is 14.7 Å². The number of anilines is 1. The summed E-state index contributed by atoms with van der Waals surface area (Å²) in [6.07, 6.45) is 0.878. The smallest absolute Gasteiger partial charge is 0.292 e. The first kappa shape index (κ1) is 16.4. The molecule has 1 atom stereocenters. The fraction of sp³-hybridized carbons (Fsp3) is 0.571. The molecule has 0 saturated heterocycles. The van der Waals surface area contributed by atoms with Gasteiger partial charge in [0.05, 0.1) is 18.1 Å². The molecular formula is C14H22N2O4. The van der Waals surface area contributed by atoms with Crippen molar-refractivity contribution >= 4 is 11.4 Å². The number of nitro groups is 1. The molecule has 112 valence electrons. The minimum Gasteiger partial charge on any atom is -0.392 e. The molecule has 0 heterocycles. The van der Waals surface area contributed by atoms with E-state index < -0.39 is 4.92 Å². The zero-order valence-corrected chi connectivity index (χ0v) is 12.2. The molecule has 1 N–H and O–H groups in total. The molecule has 1 rings (SSSR count). The van der Waals surface area contributed by atoms with Crippen molar-refractivity contribution in [3.63, 3.8) is 0 Å². The van der Waals surface area contributed by atoms with Crippen LogP contribution in [0.5, 0.6) is 0 Å². The Morgan fingerprint density at radius 1 is 1.50 bits per heavy atom. The minimum atomic E-state index is -0.406. The Kier molecular flexibility index (Phi) is 6.41. The van der Waals surface area contributed by atoms with Crippen molar-refractivity contribution in [3.05, 3.63) is 33.9 Å². The van der Waals surface area contributed by atoms with Gasteiger partial charge in [-0.25, -0.2) is 0 Å². The van der Waals surface area contributed by atoms with Gasteiger partial charge in [-0.15, -0.1) is 0 Å². The van der Waals surface area contributed by atoms with Crippen molar-refractivity contribution in [3.8, 4) is 0 Å². The number of nitro benzene ring substituents is 1. The van der Waals surface area contributed by atoms with Crippen molar-refractivity contribution in [2.45, 2.75) is 32.9 Å². The van der Waals surface area contributed by atoms with E-state index >= 15 is 0 Å². The molecule has 0 spiro atoms. The van der Waals surface area contributed by atoms with Crippen molar-refractivity contribution in [1.29, 1.82) is 0 Å².